The summed E-state index contributed by atoms with van der Waals surface area (Å²) in [7, 11) is 0. The third kappa shape index (κ3) is 3.27. The van der Waals surface area contributed by atoms with Crippen LogP contribution in [0.1, 0.15) is 47.3 Å². The number of aromatic nitrogens is 4. The summed E-state index contributed by atoms with van der Waals surface area (Å²) >= 11 is 0. The van der Waals surface area contributed by atoms with Crippen molar-refractivity contribution in [3.63, 3.8) is 0 Å². The Morgan fingerprint density at radius 3 is 2.21 bits per heavy atom. The van der Waals surface area contributed by atoms with Gasteiger partial charge in [0.15, 0.2) is 5.82 Å². The predicted molar refractivity (Wildman–Crippen MR) is 131 cm³/mol. The second-order valence-electron chi connectivity index (χ2n) is 8.70. The van der Waals surface area contributed by atoms with Crippen LogP contribution in [0.2, 0.25) is 0 Å². The minimum atomic E-state index is -0.624. The van der Waals surface area contributed by atoms with Crippen molar-refractivity contribution >= 4 is 16.7 Å². The van der Waals surface area contributed by atoms with Gasteiger partial charge in [0.1, 0.15) is 5.92 Å². The molecular formula is C28H23N5O. The van der Waals surface area contributed by atoms with Crippen molar-refractivity contribution in [2.24, 2.45) is 0 Å². The van der Waals surface area contributed by atoms with Crippen LogP contribution in [0.15, 0.2) is 91.0 Å². The normalized spacial score (nSPS) is 14.4. The van der Waals surface area contributed by atoms with Crippen LogP contribution in [0.3, 0.4) is 0 Å². The van der Waals surface area contributed by atoms with E-state index in [9.17, 15) is 4.79 Å². The number of nitrogens with zero attached hydrogens (tertiary/aromatic N) is 3. The summed E-state index contributed by atoms with van der Waals surface area (Å²) in [4.78, 5) is 13.9. The predicted octanol–water partition coefficient (Wildman–Crippen LogP) is 5.13. The quantitative estimate of drug-likeness (QED) is 0.393. The van der Waals surface area contributed by atoms with Gasteiger partial charge in [-0.25, -0.2) is 0 Å². The lowest BCUT2D eigenvalue weighted by atomic mass is 9.82. The van der Waals surface area contributed by atoms with Crippen LogP contribution >= 0.6 is 0 Å². The highest BCUT2D eigenvalue weighted by Gasteiger charge is 2.41. The number of hydrogen-bond donors (Lipinski definition) is 2. The lowest BCUT2D eigenvalue weighted by Gasteiger charge is -2.25. The number of carbonyl (C=O) groups excluding carboxylic acids is 1. The molecule has 4 aromatic carbocycles. The average Bonchev–Trinajstić information content (AvgIpc) is 3.51. The zero-order chi connectivity index (χ0) is 23.1. The van der Waals surface area contributed by atoms with Crippen LogP contribution < -0.4 is 5.32 Å². The minimum absolute atomic E-state index is 0.127. The number of H-pyrrole nitrogens is 1. The standard InChI is InChI=1S/C28H23N5O/c1-17(19-16-8-10-18-9-2-3-11-20(18)19)29-28(34)26(27-30-32-33-31-27)25-23-14-6-4-12-21(23)22-13-5-7-15-24(22)25/h2-17,25-26H,1H3,(H,29,34)(H,30,31,32,33)/t17-,26?/m0/s1. The largest absolute Gasteiger partial charge is 0.349 e. The Bertz CT molecular complexity index is 1440. The first-order valence-electron chi connectivity index (χ1n) is 11.4. The molecule has 0 fully saturated rings. The zero-order valence-corrected chi connectivity index (χ0v) is 18.6. The Labute approximate surface area is 197 Å². The van der Waals surface area contributed by atoms with E-state index in [4.69, 9.17) is 0 Å². The van der Waals surface area contributed by atoms with E-state index >= 15 is 0 Å². The van der Waals surface area contributed by atoms with Gasteiger partial charge in [-0.3, -0.25) is 4.79 Å². The first-order valence-corrected chi connectivity index (χ1v) is 11.4. The SMILES string of the molecule is C[C@H](NC(=O)C(c1nn[nH]n1)C1c2ccccc2-c2ccccc21)c1cccc2ccccc12. The molecule has 1 aromatic heterocycles. The Morgan fingerprint density at radius 2 is 1.50 bits per heavy atom. The molecule has 0 radical (unpaired) electrons. The molecule has 1 aliphatic rings. The molecule has 0 spiro atoms. The number of carbonyl (C=O) groups is 1. The van der Waals surface area contributed by atoms with E-state index in [0.717, 1.165) is 38.6 Å². The highest BCUT2D eigenvalue weighted by atomic mass is 16.2. The summed E-state index contributed by atoms with van der Waals surface area (Å²) < 4.78 is 0. The lowest BCUT2D eigenvalue weighted by molar-refractivity contribution is -0.123. The fraction of sp³-hybridized carbons (Fsp3) is 0.143. The molecule has 2 N–H and O–H groups in total. The number of tetrazole rings is 1. The van der Waals surface area contributed by atoms with E-state index in [1.807, 2.05) is 49.4 Å². The fourth-order valence-corrected chi connectivity index (χ4v) is 5.28. The van der Waals surface area contributed by atoms with Gasteiger partial charge in [0, 0.05) is 5.92 Å². The van der Waals surface area contributed by atoms with Crippen LogP contribution in [0.25, 0.3) is 21.9 Å². The van der Waals surface area contributed by atoms with E-state index in [1.54, 1.807) is 0 Å². The second-order valence-corrected chi connectivity index (χ2v) is 8.70. The maximum absolute atomic E-state index is 13.9. The molecule has 6 rings (SSSR count). The average molecular weight is 446 g/mol. The molecule has 0 aliphatic heterocycles. The van der Waals surface area contributed by atoms with Crippen molar-refractivity contribution in [2.45, 2.75) is 24.8 Å². The molecule has 6 nitrogen and oxygen atoms in total. The van der Waals surface area contributed by atoms with Gasteiger partial charge in [0.2, 0.25) is 5.91 Å². The van der Waals surface area contributed by atoms with Crippen LogP contribution in [-0.4, -0.2) is 26.5 Å². The molecule has 34 heavy (non-hydrogen) atoms. The Morgan fingerprint density at radius 1 is 0.853 bits per heavy atom. The van der Waals surface area contributed by atoms with Gasteiger partial charge in [-0.2, -0.15) is 5.21 Å². The fourth-order valence-electron chi connectivity index (χ4n) is 5.28. The molecule has 1 heterocycles. The van der Waals surface area contributed by atoms with Crippen LogP contribution in [0.5, 0.6) is 0 Å². The summed E-state index contributed by atoms with van der Waals surface area (Å²) in [5.41, 5.74) is 5.57. The molecular weight excluding hydrogens is 422 g/mol. The summed E-state index contributed by atoms with van der Waals surface area (Å²) in [5.74, 6) is -0.567. The van der Waals surface area contributed by atoms with Gasteiger partial charge in [0.05, 0.1) is 6.04 Å². The lowest BCUT2D eigenvalue weighted by Crippen LogP contribution is -2.35. The summed E-state index contributed by atoms with van der Waals surface area (Å²) in [6.07, 6.45) is 0. The highest BCUT2D eigenvalue weighted by Crippen LogP contribution is 2.50. The maximum atomic E-state index is 13.9. The number of benzene rings is 4. The molecule has 2 atom stereocenters. The minimum Gasteiger partial charge on any atom is -0.349 e. The van der Waals surface area contributed by atoms with E-state index in [1.165, 1.54) is 0 Å². The number of hydrogen-bond acceptors (Lipinski definition) is 4. The molecule has 1 unspecified atom stereocenters. The molecule has 0 saturated heterocycles. The highest BCUT2D eigenvalue weighted by molar-refractivity contribution is 5.90. The molecule has 0 bridgehead atoms. The van der Waals surface area contributed by atoms with E-state index in [2.05, 4.69) is 74.5 Å². The Balaban J connectivity index is 1.41. The second kappa shape index (κ2) is 8.23. The van der Waals surface area contributed by atoms with Gasteiger partial charge < -0.3 is 5.32 Å². The van der Waals surface area contributed by atoms with Crippen LogP contribution in [-0.2, 0) is 4.79 Å². The van der Waals surface area contributed by atoms with Crippen molar-refractivity contribution in [3.8, 4) is 11.1 Å². The third-order valence-corrected chi connectivity index (χ3v) is 6.79. The summed E-state index contributed by atoms with van der Waals surface area (Å²) in [6.45, 7) is 2.02. The molecule has 1 aliphatic carbocycles. The number of amides is 1. The molecule has 0 saturated carbocycles. The van der Waals surface area contributed by atoms with E-state index in [0.29, 0.717) is 5.82 Å². The van der Waals surface area contributed by atoms with E-state index < -0.39 is 5.92 Å². The first kappa shape index (κ1) is 20.3. The van der Waals surface area contributed by atoms with Crippen molar-refractivity contribution in [3.05, 3.63) is 114 Å². The summed E-state index contributed by atoms with van der Waals surface area (Å²) in [6, 6.07) is 30.7. The van der Waals surface area contributed by atoms with E-state index in [-0.39, 0.29) is 17.9 Å². The van der Waals surface area contributed by atoms with Gasteiger partial charge in [-0.15, -0.1) is 10.2 Å². The van der Waals surface area contributed by atoms with Crippen LogP contribution in [0.4, 0.5) is 0 Å². The molecule has 6 heteroatoms. The van der Waals surface area contributed by atoms with Gasteiger partial charge in [-0.1, -0.05) is 96.2 Å². The van der Waals surface area contributed by atoms with Gasteiger partial charge >= 0.3 is 0 Å². The topological polar surface area (TPSA) is 83.6 Å². The number of rotatable bonds is 5. The van der Waals surface area contributed by atoms with Crippen molar-refractivity contribution < 1.29 is 4.79 Å². The summed E-state index contributed by atoms with van der Waals surface area (Å²) in [5, 5.41) is 20.3. The maximum Gasteiger partial charge on any atom is 0.232 e. The smallest absolute Gasteiger partial charge is 0.232 e. The Hall–Kier alpha value is -4.32. The molecule has 166 valence electrons. The number of nitrogens with one attached hydrogen (secondary N) is 2. The number of fused-ring (bicyclic) bond motifs is 4. The molecule has 5 aromatic rings. The monoisotopic (exact) mass is 445 g/mol. The van der Waals surface area contributed by atoms with Crippen molar-refractivity contribution in [2.75, 3.05) is 0 Å². The van der Waals surface area contributed by atoms with Crippen molar-refractivity contribution in [1.29, 1.82) is 0 Å². The van der Waals surface area contributed by atoms with Gasteiger partial charge in [-0.05, 0) is 45.5 Å². The Kier molecular flexibility index (Phi) is 4.91. The first-order chi connectivity index (χ1) is 16.7. The van der Waals surface area contributed by atoms with Crippen molar-refractivity contribution in [1.82, 2.24) is 25.9 Å². The van der Waals surface area contributed by atoms with Gasteiger partial charge in [0.25, 0.3) is 0 Å². The zero-order valence-electron chi connectivity index (χ0n) is 18.6. The number of aromatic amines is 1. The van der Waals surface area contributed by atoms with Crippen LogP contribution in [0, 0.1) is 0 Å². The molecule has 1 amide bonds. The third-order valence-electron chi connectivity index (χ3n) is 6.79.